The van der Waals surface area contributed by atoms with Gasteiger partial charge in [-0.25, -0.2) is 9.69 Å². The molecule has 0 radical (unpaired) electrons. The first-order valence-electron chi connectivity index (χ1n) is 6.56. The number of carbonyl (C=O) groups is 4. The molecule has 1 heterocycles. The minimum atomic E-state index is -0.985. The lowest BCUT2D eigenvalue weighted by Gasteiger charge is -2.18. The van der Waals surface area contributed by atoms with Crippen LogP contribution in [0.5, 0.6) is 0 Å². The van der Waals surface area contributed by atoms with Crippen LogP contribution in [0, 0.1) is 0 Å². The van der Waals surface area contributed by atoms with Gasteiger partial charge in [0.25, 0.3) is 0 Å². The number of hydrogen-bond donors (Lipinski definition) is 1. The first-order valence-corrected chi connectivity index (χ1v) is 7.35. The van der Waals surface area contributed by atoms with Crippen molar-refractivity contribution >= 4 is 45.4 Å². The molecule has 0 bridgehead atoms. The molecule has 0 unspecified atom stereocenters. The molecule has 0 spiro atoms. The lowest BCUT2D eigenvalue weighted by atomic mass is 10.3. The third-order valence-corrected chi connectivity index (χ3v) is 3.74. The summed E-state index contributed by atoms with van der Waals surface area (Å²) >= 11 is 3.27. The van der Waals surface area contributed by atoms with Crippen LogP contribution in [-0.2, 0) is 14.4 Å². The van der Waals surface area contributed by atoms with Crippen molar-refractivity contribution in [1.82, 2.24) is 9.80 Å². The molecule has 1 aromatic rings. The maximum atomic E-state index is 12.0. The van der Waals surface area contributed by atoms with Crippen molar-refractivity contribution < 1.29 is 19.2 Å². The number of nitrogens with one attached hydrogen (secondary N) is 1. The number of carbonyl (C=O) groups excluding carboxylic acids is 4. The van der Waals surface area contributed by atoms with Crippen LogP contribution in [0.3, 0.4) is 0 Å². The van der Waals surface area contributed by atoms with E-state index in [1.54, 1.807) is 38.1 Å². The number of amides is 5. The molecule has 0 atom stereocenters. The fraction of sp³-hybridized carbons (Fsp3) is 0.286. The molecule has 1 aromatic carbocycles. The van der Waals surface area contributed by atoms with E-state index < -0.39 is 36.3 Å². The Balaban J connectivity index is 2.09. The van der Waals surface area contributed by atoms with E-state index in [1.807, 2.05) is 0 Å². The summed E-state index contributed by atoms with van der Waals surface area (Å²) in [5.41, 5.74) is 0.513. The summed E-state index contributed by atoms with van der Waals surface area (Å²) in [7, 11) is 0. The van der Waals surface area contributed by atoms with Gasteiger partial charge >= 0.3 is 17.8 Å². The minimum absolute atomic E-state index is 0.444. The van der Waals surface area contributed by atoms with Gasteiger partial charge in [0.05, 0.1) is 5.69 Å². The lowest BCUT2D eigenvalue weighted by Crippen LogP contribution is -2.40. The minimum Gasteiger partial charge on any atom is -0.323 e. The molecule has 0 aliphatic carbocycles. The number of imide groups is 2. The topological polar surface area (TPSA) is 86.8 Å². The van der Waals surface area contributed by atoms with Crippen LogP contribution in [0.1, 0.15) is 13.8 Å². The first kappa shape index (κ1) is 16.2. The van der Waals surface area contributed by atoms with Crippen molar-refractivity contribution in [2.24, 2.45) is 0 Å². The Bertz CT molecular complexity index is 659. The Labute approximate surface area is 135 Å². The second-order valence-corrected chi connectivity index (χ2v) is 5.83. The zero-order valence-electron chi connectivity index (χ0n) is 12.0. The predicted octanol–water partition coefficient (Wildman–Crippen LogP) is 1.59. The van der Waals surface area contributed by atoms with Gasteiger partial charge in [0, 0.05) is 10.5 Å². The van der Waals surface area contributed by atoms with Crippen molar-refractivity contribution in [2.75, 3.05) is 11.9 Å². The molecule has 1 aliphatic heterocycles. The fourth-order valence-corrected chi connectivity index (χ4v) is 2.40. The van der Waals surface area contributed by atoms with Gasteiger partial charge in [-0.05, 0) is 41.9 Å². The Morgan fingerprint density at radius 3 is 2.36 bits per heavy atom. The van der Waals surface area contributed by atoms with Crippen LogP contribution in [0.2, 0.25) is 0 Å². The van der Waals surface area contributed by atoms with E-state index in [0.29, 0.717) is 15.1 Å². The Kier molecular flexibility index (Phi) is 4.60. The highest BCUT2D eigenvalue weighted by Crippen LogP contribution is 2.21. The largest absolute Gasteiger partial charge is 0.334 e. The van der Waals surface area contributed by atoms with Gasteiger partial charge in [0.15, 0.2) is 0 Å². The van der Waals surface area contributed by atoms with Crippen molar-refractivity contribution in [2.45, 2.75) is 19.9 Å². The SMILES string of the molecule is CC(C)N1C(=O)C(=O)N(CC(=O)Nc2ccccc2Br)C1=O. The van der Waals surface area contributed by atoms with Crippen molar-refractivity contribution in [3.63, 3.8) is 0 Å². The first-order chi connectivity index (χ1) is 10.3. The summed E-state index contributed by atoms with van der Waals surface area (Å²) in [6.07, 6.45) is 0. The lowest BCUT2D eigenvalue weighted by molar-refractivity contribution is -0.144. The van der Waals surface area contributed by atoms with Crippen LogP contribution in [0.4, 0.5) is 10.5 Å². The Morgan fingerprint density at radius 1 is 1.18 bits per heavy atom. The smallest absolute Gasteiger partial charge is 0.323 e. The highest BCUT2D eigenvalue weighted by atomic mass is 79.9. The molecule has 22 heavy (non-hydrogen) atoms. The van der Waals surface area contributed by atoms with Crippen molar-refractivity contribution in [3.05, 3.63) is 28.7 Å². The number of para-hydroxylation sites is 1. The number of hydrogen-bond acceptors (Lipinski definition) is 4. The monoisotopic (exact) mass is 367 g/mol. The number of halogens is 1. The Hall–Kier alpha value is -2.22. The summed E-state index contributed by atoms with van der Waals surface area (Å²) in [5, 5.41) is 2.58. The summed E-state index contributed by atoms with van der Waals surface area (Å²) < 4.78 is 0.669. The van der Waals surface area contributed by atoms with Crippen LogP contribution in [0.15, 0.2) is 28.7 Å². The standard InChI is InChI=1S/C14H14BrN3O4/c1-8(2)18-13(21)12(20)17(14(18)22)7-11(19)16-10-6-4-3-5-9(10)15/h3-6,8H,7H2,1-2H3,(H,16,19). The number of rotatable bonds is 4. The molecule has 0 saturated carbocycles. The number of urea groups is 1. The number of nitrogens with zero attached hydrogens (tertiary/aromatic N) is 2. The normalized spacial score (nSPS) is 15.0. The average Bonchev–Trinajstić information content (AvgIpc) is 2.65. The van der Waals surface area contributed by atoms with E-state index in [-0.39, 0.29) is 0 Å². The third-order valence-electron chi connectivity index (χ3n) is 3.05. The molecular weight excluding hydrogens is 354 g/mol. The van der Waals surface area contributed by atoms with Gasteiger partial charge in [-0.2, -0.15) is 0 Å². The summed E-state index contributed by atoms with van der Waals surface area (Å²) in [4.78, 5) is 49.1. The van der Waals surface area contributed by atoms with E-state index in [2.05, 4.69) is 21.2 Å². The molecule has 7 nitrogen and oxygen atoms in total. The molecule has 116 valence electrons. The van der Waals surface area contributed by atoms with E-state index in [1.165, 1.54) is 0 Å². The molecule has 1 fully saturated rings. The summed E-state index contributed by atoms with van der Waals surface area (Å²) in [6.45, 7) is 2.73. The van der Waals surface area contributed by atoms with Crippen LogP contribution < -0.4 is 5.32 Å². The van der Waals surface area contributed by atoms with Gasteiger partial charge < -0.3 is 5.32 Å². The third kappa shape index (κ3) is 3.01. The van der Waals surface area contributed by atoms with Crippen molar-refractivity contribution in [1.29, 1.82) is 0 Å². The summed E-state index contributed by atoms with van der Waals surface area (Å²) in [5.74, 6) is -2.46. The van der Waals surface area contributed by atoms with Gasteiger partial charge in [-0.3, -0.25) is 19.3 Å². The highest BCUT2D eigenvalue weighted by molar-refractivity contribution is 9.10. The molecule has 0 aromatic heterocycles. The Morgan fingerprint density at radius 2 is 1.82 bits per heavy atom. The van der Waals surface area contributed by atoms with E-state index >= 15 is 0 Å². The van der Waals surface area contributed by atoms with E-state index in [9.17, 15) is 19.2 Å². The quantitative estimate of drug-likeness (QED) is 0.646. The van der Waals surface area contributed by atoms with Gasteiger partial charge in [0.2, 0.25) is 5.91 Å². The van der Waals surface area contributed by atoms with Crippen LogP contribution in [0.25, 0.3) is 0 Å². The van der Waals surface area contributed by atoms with E-state index in [4.69, 9.17) is 0 Å². The molecule has 1 N–H and O–H groups in total. The molecule has 8 heteroatoms. The summed E-state index contributed by atoms with van der Waals surface area (Å²) in [6, 6.07) is 5.71. The molecule has 5 amide bonds. The molecule has 2 rings (SSSR count). The molecule has 1 aliphatic rings. The number of benzene rings is 1. The van der Waals surface area contributed by atoms with Crippen LogP contribution in [-0.4, -0.2) is 46.1 Å². The van der Waals surface area contributed by atoms with Crippen LogP contribution >= 0.6 is 15.9 Å². The van der Waals surface area contributed by atoms with E-state index in [0.717, 1.165) is 4.90 Å². The van der Waals surface area contributed by atoms with Gasteiger partial charge in [-0.1, -0.05) is 12.1 Å². The zero-order valence-corrected chi connectivity index (χ0v) is 13.6. The molecular formula is C14H14BrN3O4. The van der Waals surface area contributed by atoms with Gasteiger partial charge in [-0.15, -0.1) is 0 Å². The maximum absolute atomic E-state index is 12.0. The predicted molar refractivity (Wildman–Crippen MR) is 81.9 cm³/mol. The molecule has 1 saturated heterocycles. The fourth-order valence-electron chi connectivity index (χ4n) is 2.01. The zero-order chi connectivity index (χ0) is 16.4. The highest BCUT2D eigenvalue weighted by Gasteiger charge is 2.46. The average molecular weight is 368 g/mol. The number of anilines is 1. The van der Waals surface area contributed by atoms with Gasteiger partial charge in [0.1, 0.15) is 6.54 Å². The maximum Gasteiger partial charge on any atom is 0.334 e. The van der Waals surface area contributed by atoms with Crippen molar-refractivity contribution in [3.8, 4) is 0 Å². The second-order valence-electron chi connectivity index (χ2n) is 4.97. The second kappa shape index (κ2) is 6.27.